The van der Waals surface area contributed by atoms with Crippen LogP contribution in [0.15, 0.2) is 24.3 Å². The van der Waals surface area contributed by atoms with E-state index in [9.17, 15) is 0 Å². The highest BCUT2D eigenvalue weighted by atomic mass is 35.5. The van der Waals surface area contributed by atoms with Gasteiger partial charge in [0.1, 0.15) is 4.99 Å². The number of hydrogen-bond acceptors (Lipinski definition) is 2. The van der Waals surface area contributed by atoms with Crippen molar-refractivity contribution in [3.8, 4) is 0 Å². The summed E-state index contributed by atoms with van der Waals surface area (Å²) < 4.78 is 0. The van der Waals surface area contributed by atoms with Crippen molar-refractivity contribution in [1.29, 1.82) is 0 Å². The van der Waals surface area contributed by atoms with Crippen LogP contribution in [0, 0.1) is 0 Å². The van der Waals surface area contributed by atoms with E-state index in [0.717, 1.165) is 5.69 Å². The van der Waals surface area contributed by atoms with Gasteiger partial charge >= 0.3 is 0 Å². The Bertz CT molecular complexity index is 337. The molecule has 0 unspecified atom stereocenters. The first-order valence-electron chi connectivity index (χ1n) is 4.74. The molecule has 0 aliphatic carbocycles. The lowest BCUT2D eigenvalue weighted by molar-refractivity contribution is 0.357. The maximum absolute atomic E-state index is 9.06. The fraction of sp³-hybridized carbons (Fsp3) is 0.364. The summed E-state index contributed by atoms with van der Waals surface area (Å²) in [6, 6.07) is 7.62. The molecule has 0 amide bonds. The lowest BCUT2D eigenvalue weighted by Crippen LogP contribution is -2.37. The second kappa shape index (κ2) is 5.45. The third kappa shape index (κ3) is 3.16. The number of halogens is 1. The predicted octanol–water partition coefficient (Wildman–Crippen LogP) is 2.87. The average molecular weight is 244 g/mol. The van der Waals surface area contributed by atoms with Crippen molar-refractivity contribution >= 4 is 34.5 Å². The summed E-state index contributed by atoms with van der Waals surface area (Å²) in [5.41, 5.74) is 0.952. The van der Waals surface area contributed by atoms with Crippen molar-refractivity contribution < 1.29 is 5.11 Å². The number of anilines is 1. The van der Waals surface area contributed by atoms with Crippen molar-refractivity contribution in [1.82, 2.24) is 0 Å². The monoisotopic (exact) mass is 243 g/mol. The number of hydrogen-bond donors (Lipinski definition) is 1. The summed E-state index contributed by atoms with van der Waals surface area (Å²) in [6.45, 7) is 3.93. The Kier molecular flexibility index (Phi) is 4.51. The third-order valence-electron chi connectivity index (χ3n) is 2.03. The minimum Gasteiger partial charge on any atom is -0.389 e. The SMILES string of the molecule is CC(C)N(C(=S)CO)c1ccc(Cl)cc1. The number of thiocarbonyl (C=S) groups is 1. The maximum Gasteiger partial charge on any atom is 0.108 e. The average Bonchev–Trinajstić information content (AvgIpc) is 2.20. The number of benzene rings is 1. The molecule has 0 radical (unpaired) electrons. The van der Waals surface area contributed by atoms with Crippen LogP contribution in [0.4, 0.5) is 5.69 Å². The first-order valence-corrected chi connectivity index (χ1v) is 5.53. The van der Waals surface area contributed by atoms with E-state index in [0.29, 0.717) is 10.0 Å². The van der Waals surface area contributed by atoms with E-state index < -0.39 is 0 Å². The molecular weight excluding hydrogens is 230 g/mol. The number of aliphatic hydroxyl groups excluding tert-OH is 1. The highest BCUT2D eigenvalue weighted by molar-refractivity contribution is 7.80. The van der Waals surface area contributed by atoms with Crippen LogP contribution >= 0.6 is 23.8 Å². The van der Waals surface area contributed by atoms with Crippen LogP contribution in [0.5, 0.6) is 0 Å². The Morgan fingerprint density at radius 1 is 1.40 bits per heavy atom. The zero-order chi connectivity index (χ0) is 11.4. The molecule has 1 rings (SSSR count). The third-order valence-corrected chi connectivity index (χ3v) is 2.60. The summed E-state index contributed by atoms with van der Waals surface area (Å²) in [5, 5.41) is 9.75. The van der Waals surface area contributed by atoms with Gasteiger partial charge in [-0.05, 0) is 38.1 Å². The first kappa shape index (κ1) is 12.4. The number of rotatable bonds is 3. The molecule has 0 saturated carbocycles. The zero-order valence-corrected chi connectivity index (χ0v) is 10.3. The van der Waals surface area contributed by atoms with Gasteiger partial charge in [0.25, 0.3) is 0 Å². The van der Waals surface area contributed by atoms with E-state index in [-0.39, 0.29) is 12.6 Å². The van der Waals surface area contributed by atoms with Gasteiger partial charge in [-0.15, -0.1) is 0 Å². The number of aliphatic hydroxyl groups is 1. The molecule has 0 aromatic heterocycles. The summed E-state index contributed by atoms with van der Waals surface area (Å²) >= 11 is 10.9. The van der Waals surface area contributed by atoms with Gasteiger partial charge in [0, 0.05) is 16.8 Å². The van der Waals surface area contributed by atoms with Gasteiger partial charge in [-0.1, -0.05) is 23.8 Å². The van der Waals surface area contributed by atoms with Crippen molar-refractivity contribution in [3.63, 3.8) is 0 Å². The van der Waals surface area contributed by atoms with Gasteiger partial charge in [-0.2, -0.15) is 0 Å². The molecule has 0 aliphatic rings. The second-order valence-electron chi connectivity index (χ2n) is 3.49. The summed E-state index contributed by atoms with van der Waals surface area (Å²) in [6.07, 6.45) is 0. The molecule has 15 heavy (non-hydrogen) atoms. The van der Waals surface area contributed by atoms with Crippen LogP contribution in [0.3, 0.4) is 0 Å². The molecular formula is C11H14ClNOS. The predicted molar refractivity (Wildman–Crippen MR) is 68.8 cm³/mol. The van der Waals surface area contributed by atoms with Crippen molar-refractivity contribution in [2.45, 2.75) is 19.9 Å². The minimum atomic E-state index is -0.115. The summed E-state index contributed by atoms with van der Waals surface area (Å²) in [4.78, 5) is 2.43. The van der Waals surface area contributed by atoms with E-state index in [1.807, 2.05) is 43.0 Å². The van der Waals surface area contributed by atoms with Crippen LogP contribution in [0.2, 0.25) is 5.02 Å². The van der Waals surface area contributed by atoms with Crippen LogP contribution in [-0.4, -0.2) is 22.7 Å². The molecule has 0 spiro atoms. The van der Waals surface area contributed by atoms with E-state index in [1.54, 1.807) is 0 Å². The van der Waals surface area contributed by atoms with E-state index in [4.69, 9.17) is 28.9 Å². The van der Waals surface area contributed by atoms with Crippen LogP contribution in [0.1, 0.15) is 13.8 Å². The summed E-state index contributed by atoms with van der Waals surface area (Å²) in [5.74, 6) is 0. The molecule has 0 bridgehead atoms. The lowest BCUT2D eigenvalue weighted by atomic mass is 10.2. The Hall–Kier alpha value is -0.640. The zero-order valence-electron chi connectivity index (χ0n) is 8.77. The second-order valence-corrected chi connectivity index (χ2v) is 4.40. The van der Waals surface area contributed by atoms with Gasteiger partial charge < -0.3 is 10.0 Å². The fourth-order valence-electron chi connectivity index (χ4n) is 1.41. The standard InChI is InChI=1S/C11H14ClNOS/c1-8(2)13(11(15)7-14)10-5-3-9(12)4-6-10/h3-6,8,14H,7H2,1-2H3. The molecule has 1 aromatic rings. The Morgan fingerprint density at radius 3 is 2.33 bits per heavy atom. The maximum atomic E-state index is 9.06. The highest BCUT2D eigenvalue weighted by Gasteiger charge is 2.14. The van der Waals surface area contributed by atoms with Gasteiger partial charge in [-0.3, -0.25) is 0 Å². The van der Waals surface area contributed by atoms with Crippen LogP contribution in [-0.2, 0) is 0 Å². The molecule has 0 atom stereocenters. The quantitative estimate of drug-likeness (QED) is 0.826. The van der Waals surface area contributed by atoms with Crippen LogP contribution in [0.25, 0.3) is 0 Å². The molecule has 82 valence electrons. The molecule has 4 heteroatoms. The Balaban J connectivity index is 2.99. The van der Waals surface area contributed by atoms with Crippen LogP contribution < -0.4 is 4.90 Å². The largest absolute Gasteiger partial charge is 0.389 e. The fourth-order valence-corrected chi connectivity index (χ4v) is 1.85. The smallest absolute Gasteiger partial charge is 0.108 e. The molecule has 1 aromatic carbocycles. The lowest BCUT2D eigenvalue weighted by Gasteiger charge is -2.28. The van der Waals surface area contributed by atoms with Gasteiger partial charge in [-0.25, -0.2) is 0 Å². The molecule has 2 nitrogen and oxygen atoms in total. The van der Waals surface area contributed by atoms with Gasteiger partial charge in [0.05, 0.1) is 6.61 Å². The minimum absolute atomic E-state index is 0.115. The molecule has 0 aliphatic heterocycles. The molecule has 1 N–H and O–H groups in total. The number of nitrogens with zero attached hydrogens (tertiary/aromatic N) is 1. The van der Waals surface area contributed by atoms with Crippen molar-refractivity contribution in [3.05, 3.63) is 29.3 Å². The molecule has 0 fully saturated rings. The van der Waals surface area contributed by atoms with Crippen molar-refractivity contribution in [2.75, 3.05) is 11.5 Å². The normalized spacial score (nSPS) is 10.5. The first-order chi connectivity index (χ1) is 7.06. The Morgan fingerprint density at radius 2 is 1.93 bits per heavy atom. The van der Waals surface area contributed by atoms with E-state index in [2.05, 4.69) is 0 Å². The van der Waals surface area contributed by atoms with E-state index >= 15 is 0 Å². The van der Waals surface area contributed by atoms with Crippen molar-refractivity contribution in [2.24, 2.45) is 0 Å². The molecule has 0 saturated heterocycles. The topological polar surface area (TPSA) is 23.5 Å². The summed E-state index contributed by atoms with van der Waals surface area (Å²) in [7, 11) is 0. The van der Waals surface area contributed by atoms with Gasteiger partial charge in [0.2, 0.25) is 0 Å². The highest BCUT2D eigenvalue weighted by Crippen LogP contribution is 2.20. The van der Waals surface area contributed by atoms with E-state index in [1.165, 1.54) is 0 Å². The Labute approximate surface area is 100 Å². The van der Waals surface area contributed by atoms with Gasteiger partial charge in [0.15, 0.2) is 0 Å². The molecule has 0 heterocycles.